The standard InChI is InChI=1S/C22H20BrClN2OS/c23-17-9-5-15(6-10-17)19-21(28)26(20(27)16-7-11-18(24)12-8-16)22(25-19)13-3-1-2-4-14-22/h5-12H,1-4,13-14H2. The van der Waals surface area contributed by atoms with Crippen LogP contribution >= 0.6 is 39.7 Å². The fourth-order valence-electron chi connectivity index (χ4n) is 4.03. The highest BCUT2D eigenvalue weighted by atomic mass is 79.9. The summed E-state index contributed by atoms with van der Waals surface area (Å²) in [6.45, 7) is 0. The maximum atomic E-state index is 13.5. The lowest BCUT2D eigenvalue weighted by Crippen LogP contribution is -2.49. The number of halogens is 2. The van der Waals surface area contributed by atoms with Gasteiger partial charge >= 0.3 is 0 Å². The Balaban J connectivity index is 1.77. The van der Waals surface area contributed by atoms with E-state index in [1.807, 2.05) is 24.3 Å². The number of carbonyl (C=O) groups excluding carboxylic acids is 1. The Bertz CT molecular complexity index is 932. The number of carbonyl (C=O) groups is 1. The minimum Gasteiger partial charge on any atom is -0.271 e. The summed E-state index contributed by atoms with van der Waals surface area (Å²) in [5.74, 6) is -0.0978. The van der Waals surface area contributed by atoms with Crippen molar-refractivity contribution in [3.63, 3.8) is 0 Å². The average Bonchev–Trinajstić information content (AvgIpc) is 2.83. The monoisotopic (exact) mass is 474 g/mol. The molecule has 2 aromatic carbocycles. The molecule has 1 aliphatic carbocycles. The zero-order valence-corrected chi connectivity index (χ0v) is 18.5. The van der Waals surface area contributed by atoms with Crippen molar-refractivity contribution in [2.45, 2.75) is 44.2 Å². The van der Waals surface area contributed by atoms with Crippen LogP contribution in [0, 0.1) is 0 Å². The van der Waals surface area contributed by atoms with Gasteiger partial charge in [-0.25, -0.2) is 0 Å². The van der Waals surface area contributed by atoms with Crippen LogP contribution in [-0.4, -0.2) is 27.2 Å². The van der Waals surface area contributed by atoms with E-state index < -0.39 is 5.66 Å². The highest BCUT2D eigenvalue weighted by Crippen LogP contribution is 2.40. The van der Waals surface area contributed by atoms with Crippen LogP contribution in [-0.2, 0) is 0 Å². The van der Waals surface area contributed by atoms with Gasteiger partial charge in [-0.2, -0.15) is 0 Å². The van der Waals surface area contributed by atoms with Gasteiger partial charge in [-0.3, -0.25) is 14.7 Å². The van der Waals surface area contributed by atoms with Crippen LogP contribution in [0.15, 0.2) is 58.0 Å². The summed E-state index contributed by atoms with van der Waals surface area (Å²) in [6, 6.07) is 14.9. The summed E-state index contributed by atoms with van der Waals surface area (Å²) in [7, 11) is 0. The Labute approximate surface area is 183 Å². The molecular weight excluding hydrogens is 456 g/mol. The maximum Gasteiger partial charge on any atom is 0.260 e. The second-order valence-electron chi connectivity index (χ2n) is 7.32. The number of thiocarbonyl (C=S) groups is 1. The van der Waals surface area contributed by atoms with Gasteiger partial charge in [0.05, 0.1) is 0 Å². The molecule has 2 aliphatic rings. The molecule has 144 valence electrons. The lowest BCUT2D eigenvalue weighted by molar-refractivity contribution is 0.0692. The van der Waals surface area contributed by atoms with Crippen molar-refractivity contribution in [2.75, 3.05) is 0 Å². The van der Waals surface area contributed by atoms with Crippen LogP contribution in [0.1, 0.15) is 54.4 Å². The van der Waals surface area contributed by atoms with Gasteiger partial charge in [-0.05, 0) is 62.1 Å². The summed E-state index contributed by atoms with van der Waals surface area (Å²) in [4.78, 5) is 20.9. The summed E-state index contributed by atoms with van der Waals surface area (Å²) in [6.07, 6.45) is 6.11. The molecule has 6 heteroatoms. The number of hydrogen-bond acceptors (Lipinski definition) is 3. The number of hydrogen-bond donors (Lipinski definition) is 0. The molecule has 0 bridgehead atoms. The zero-order chi connectivity index (χ0) is 19.7. The van der Waals surface area contributed by atoms with E-state index in [4.69, 9.17) is 28.8 Å². The van der Waals surface area contributed by atoms with Crippen molar-refractivity contribution in [1.29, 1.82) is 0 Å². The molecule has 2 aromatic rings. The number of amides is 1. The zero-order valence-electron chi connectivity index (χ0n) is 15.3. The van der Waals surface area contributed by atoms with Gasteiger partial charge in [-0.1, -0.05) is 64.7 Å². The predicted molar refractivity (Wildman–Crippen MR) is 121 cm³/mol. The van der Waals surface area contributed by atoms with E-state index in [1.165, 1.54) is 12.8 Å². The fraction of sp³-hybridized carbons (Fsp3) is 0.318. The second kappa shape index (κ2) is 8.05. The summed E-state index contributed by atoms with van der Waals surface area (Å²) < 4.78 is 0.999. The first-order chi connectivity index (χ1) is 13.5. The van der Waals surface area contributed by atoms with Crippen LogP contribution in [0.2, 0.25) is 5.02 Å². The van der Waals surface area contributed by atoms with E-state index in [0.717, 1.165) is 41.4 Å². The predicted octanol–water partition coefficient (Wildman–Crippen LogP) is 6.43. The highest BCUT2D eigenvalue weighted by Gasteiger charge is 2.48. The molecule has 0 N–H and O–H groups in total. The average molecular weight is 476 g/mol. The highest BCUT2D eigenvalue weighted by molar-refractivity contribution is 9.10. The van der Waals surface area contributed by atoms with Gasteiger partial charge < -0.3 is 0 Å². The molecule has 0 unspecified atom stereocenters. The van der Waals surface area contributed by atoms with Gasteiger partial charge in [-0.15, -0.1) is 0 Å². The minimum absolute atomic E-state index is 0.0978. The maximum absolute atomic E-state index is 13.5. The fourth-order valence-corrected chi connectivity index (χ4v) is 4.84. The molecule has 0 saturated heterocycles. The van der Waals surface area contributed by atoms with Crippen molar-refractivity contribution in [2.24, 2.45) is 4.99 Å². The number of benzene rings is 2. The summed E-state index contributed by atoms with van der Waals surface area (Å²) in [5.41, 5.74) is 1.70. The molecule has 3 nitrogen and oxygen atoms in total. The largest absolute Gasteiger partial charge is 0.271 e. The first-order valence-corrected chi connectivity index (χ1v) is 11.1. The molecule has 4 rings (SSSR count). The van der Waals surface area contributed by atoms with Crippen molar-refractivity contribution in [3.8, 4) is 0 Å². The Hall–Kier alpha value is -1.56. The second-order valence-corrected chi connectivity index (χ2v) is 9.06. The Kier molecular flexibility index (Phi) is 5.68. The molecule has 0 radical (unpaired) electrons. The first-order valence-electron chi connectivity index (χ1n) is 9.50. The molecule has 1 spiro atoms. The van der Waals surface area contributed by atoms with Crippen LogP contribution in [0.4, 0.5) is 0 Å². The molecular formula is C22H20BrClN2OS. The number of aliphatic imine (C=N–C) groups is 1. The van der Waals surface area contributed by atoms with Crippen LogP contribution < -0.4 is 0 Å². The topological polar surface area (TPSA) is 32.7 Å². The Morgan fingerprint density at radius 1 is 1.00 bits per heavy atom. The number of rotatable bonds is 2. The lowest BCUT2D eigenvalue weighted by atomic mass is 9.99. The third-order valence-electron chi connectivity index (χ3n) is 5.46. The van der Waals surface area contributed by atoms with Crippen LogP contribution in [0.3, 0.4) is 0 Å². The van der Waals surface area contributed by atoms with Crippen molar-refractivity contribution >= 4 is 56.4 Å². The van der Waals surface area contributed by atoms with Gasteiger partial charge in [0.25, 0.3) is 5.91 Å². The summed E-state index contributed by atoms with van der Waals surface area (Å²) in [5, 5.41) is 0.608. The molecule has 1 aliphatic heterocycles. The van der Waals surface area contributed by atoms with E-state index in [1.54, 1.807) is 29.2 Å². The first kappa shape index (κ1) is 19.7. The van der Waals surface area contributed by atoms with Crippen LogP contribution in [0.25, 0.3) is 0 Å². The Morgan fingerprint density at radius 2 is 1.61 bits per heavy atom. The quantitative estimate of drug-likeness (QED) is 0.469. The third kappa shape index (κ3) is 3.68. The molecule has 1 heterocycles. The van der Waals surface area contributed by atoms with Crippen molar-refractivity contribution in [1.82, 2.24) is 4.90 Å². The third-order valence-corrected chi connectivity index (χ3v) is 6.61. The van der Waals surface area contributed by atoms with Gasteiger partial charge in [0.15, 0.2) is 0 Å². The normalized spacial score (nSPS) is 18.9. The van der Waals surface area contributed by atoms with Gasteiger partial charge in [0, 0.05) is 20.6 Å². The van der Waals surface area contributed by atoms with E-state index in [-0.39, 0.29) is 5.91 Å². The molecule has 0 atom stereocenters. The molecule has 1 fully saturated rings. The van der Waals surface area contributed by atoms with E-state index in [9.17, 15) is 4.79 Å². The van der Waals surface area contributed by atoms with E-state index >= 15 is 0 Å². The lowest BCUT2D eigenvalue weighted by Gasteiger charge is -2.35. The van der Waals surface area contributed by atoms with Gasteiger partial charge in [0.2, 0.25) is 0 Å². The van der Waals surface area contributed by atoms with Gasteiger partial charge in [0.1, 0.15) is 16.4 Å². The summed E-state index contributed by atoms with van der Waals surface area (Å²) >= 11 is 15.3. The van der Waals surface area contributed by atoms with Crippen LogP contribution in [0.5, 0.6) is 0 Å². The number of nitrogens with zero attached hydrogens (tertiary/aromatic N) is 2. The molecule has 1 amide bonds. The van der Waals surface area contributed by atoms with Crippen molar-refractivity contribution in [3.05, 3.63) is 69.2 Å². The molecule has 1 saturated carbocycles. The van der Waals surface area contributed by atoms with E-state index in [2.05, 4.69) is 15.9 Å². The SMILES string of the molecule is O=C(c1ccc(Cl)cc1)N1C(=S)C(c2ccc(Br)cc2)=NC12CCCCCC2. The molecule has 0 aromatic heterocycles. The Morgan fingerprint density at radius 3 is 2.21 bits per heavy atom. The van der Waals surface area contributed by atoms with Crippen molar-refractivity contribution < 1.29 is 4.79 Å². The smallest absolute Gasteiger partial charge is 0.260 e. The molecule has 28 heavy (non-hydrogen) atoms. The minimum atomic E-state index is -0.577. The van der Waals surface area contributed by atoms with E-state index in [0.29, 0.717) is 15.6 Å².